The highest BCUT2D eigenvalue weighted by Gasteiger charge is 2.20. The summed E-state index contributed by atoms with van der Waals surface area (Å²) in [7, 11) is 0. The van der Waals surface area contributed by atoms with Gasteiger partial charge in [0.1, 0.15) is 12.4 Å². The van der Waals surface area contributed by atoms with Crippen LogP contribution in [0.15, 0.2) is 30.3 Å². The Labute approximate surface area is 98.9 Å². The quantitative estimate of drug-likeness (QED) is 0.417. The van der Waals surface area contributed by atoms with Crippen molar-refractivity contribution in [1.82, 2.24) is 5.32 Å². The van der Waals surface area contributed by atoms with Crippen LogP contribution in [0.5, 0.6) is 5.75 Å². The molecule has 0 heterocycles. The molecule has 0 aromatic heterocycles. The Morgan fingerprint density at radius 1 is 1.18 bits per heavy atom. The van der Waals surface area contributed by atoms with Gasteiger partial charge in [0.25, 0.3) is 0 Å². The molecule has 0 radical (unpaired) electrons. The summed E-state index contributed by atoms with van der Waals surface area (Å²) < 4.78 is 5.35. The first-order valence-corrected chi connectivity index (χ1v) is 5.11. The van der Waals surface area contributed by atoms with Gasteiger partial charge in [-0.3, -0.25) is 14.9 Å². The first-order chi connectivity index (χ1) is 8.11. The Morgan fingerprint density at radius 3 is 2.29 bits per heavy atom. The molecule has 0 aliphatic heterocycles. The number of nitrogens with one attached hydrogen (secondary N) is 1. The lowest BCUT2D eigenvalue weighted by molar-refractivity contribution is -0.128. The van der Waals surface area contributed by atoms with Crippen LogP contribution in [0.2, 0.25) is 0 Å². The number of nitrogens with two attached hydrogens (primary N) is 2. The zero-order valence-electron chi connectivity index (χ0n) is 9.26. The highest BCUT2D eigenvalue weighted by Crippen LogP contribution is 2.07. The van der Waals surface area contributed by atoms with Gasteiger partial charge in [0.2, 0.25) is 11.8 Å². The van der Waals surface area contributed by atoms with Crippen LogP contribution < -0.4 is 21.5 Å². The van der Waals surface area contributed by atoms with E-state index in [0.717, 1.165) is 0 Å². The van der Waals surface area contributed by atoms with Crippen molar-refractivity contribution in [3.8, 4) is 5.75 Å². The van der Waals surface area contributed by atoms with E-state index < -0.39 is 17.9 Å². The second-order valence-electron chi connectivity index (χ2n) is 3.35. The maximum atomic E-state index is 10.8. The highest BCUT2D eigenvalue weighted by atomic mass is 16.5. The first-order valence-electron chi connectivity index (χ1n) is 5.11. The molecule has 2 amide bonds. The Morgan fingerprint density at radius 2 is 1.76 bits per heavy atom. The Hall–Kier alpha value is -2.08. The third kappa shape index (κ3) is 4.52. The molecular weight excluding hydrogens is 222 g/mol. The van der Waals surface area contributed by atoms with Crippen LogP contribution in [-0.2, 0) is 9.59 Å². The fourth-order valence-electron chi connectivity index (χ4n) is 1.23. The molecule has 0 aliphatic rings. The fraction of sp³-hybridized carbons (Fsp3) is 0.273. The Balaban J connectivity index is 2.28. The maximum absolute atomic E-state index is 10.8. The zero-order chi connectivity index (χ0) is 12.7. The summed E-state index contributed by atoms with van der Waals surface area (Å²) >= 11 is 0. The highest BCUT2D eigenvalue weighted by molar-refractivity contribution is 6.02. The number of amides is 2. The van der Waals surface area contributed by atoms with Gasteiger partial charge in [0.15, 0.2) is 6.04 Å². The average molecular weight is 237 g/mol. The molecule has 6 heteroatoms. The number of hydrogen-bond acceptors (Lipinski definition) is 4. The predicted molar refractivity (Wildman–Crippen MR) is 62.1 cm³/mol. The van der Waals surface area contributed by atoms with Crippen molar-refractivity contribution in [2.24, 2.45) is 11.5 Å². The minimum absolute atomic E-state index is 0.297. The van der Waals surface area contributed by atoms with Crippen LogP contribution in [-0.4, -0.2) is 31.0 Å². The van der Waals surface area contributed by atoms with E-state index in [-0.39, 0.29) is 0 Å². The summed E-state index contributed by atoms with van der Waals surface area (Å²) in [5, 5.41) is 2.61. The van der Waals surface area contributed by atoms with Crippen LogP contribution in [0.3, 0.4) is 0 Å². The molecule has 0 saturated heterocycles. The van der Waals surface area contributed by atoms with E-state index in [1.807, 2.05) is 18.2 Å². The van der Waals surface area contributed by atoms with E-state index in [4.69, 9.17) is 16.2 Å². The Kier molecular flexibility index (Phi) is 4.96. The van der Waals surface area contributed by atoms with Gasteiger partial charge in [-0.15, -0.1) is 0 Å². The lowest BCUT2D eigenvalue weighted by Gasteiger charge is -2.12. The first kappa shape index (κ1) is 13.0. The third-order valence-corrected chi connectivity index (χ3v) is 2.03. The van der Waals surface area contributed by atoms with Crippen LogP contribution in [0, 0.1) is 0 Å². The molecule has 17 heavy (non-hydrogen) atoms. The SMILES string of the molecule is NC(=O)C(NCCOc1ccccc1)C(N)=O. The lowest BCUT2D eigenvalue weighted by atomic mass is 10.2. The number of primary amides is 2. The number of ether oxygens (including phenoxy) is 1. The summed E-state index contributed by atoms with van der Waals surface area (Å²) in [4.78, 5) is 21.6. The van der Waals surface area contributed by atoms with E-state index in [0.29, 0.717) is 18.9 Å². The van der Waals surface area contributed by atoms with Crippen LogP contribution in [0.25, 0.3) is 0 Å². The van der Waals surface area contributed by atoms with Crippen LogP contribution >= 0.6 is 0 Å². The lowest BCUT2D eigenvalue weighted by Crippen LogP contribution is -2.51. The van der Waals surface area contributed by atoms with Crippen molar-refractivity contribution in [2.45, 2.75) is 6.04 Å². The van der Waals surface area contributed by atoms with Crippen LogP contribution in [0.4, 0.5) is 0 Å². The molecule has 0 atom stereocenters. The largest absolute Gasteiger partial charge is 0.492 e. The molecule has 0 aliphatic carbocycles. The zero-order valence-corrected chi connectivity index (χ0v) is 9.26. The number of para-hydroxylation sites is 1. The van der Waals surface area contributed by atoms with Gasteiger partial charge >= 0.3 is 0 Å². The maximum Gasteiger partial charge on any atom is 0.244 e. The minimum atomic E-state index is -1.16. The van der Waals surface area contributed by atoms with Gasteiger partial charge in [-0.25, -0.2) is 0 Å². The second kappa shape index (κ2) is 6.49. The van der Waals surface area contributed by atoms with Crippen molar-refractivity contribution in [1.29, 1.82) is 0 Å². The van der Waals surface area contributed by atoms with Crippen molar-refractivity contribution >= 4 is 11.8 Å². The number of carbonyl (C=O) groups is 2. The molecule has 0 spiro atoms. The van der Waals surface area contributed by atoms with E-state index in [1.165, 1.54) is 0 Å². The smallest absolute Gasteiger partial charge is 0.244 e. The molecule has 1 rings (SSSR count). The van der Waals surface area contributed by atoms with E-state index in [9.17, 15) is 9.59 Å². The summed E-state index contributed by atoms with van der Waals surface area (Å²) in [6, 6.07) is 8.02. The molecule has 0 saturated carbocycles. The van der Waals surface area contributed by atoms with E-state index >= 15 is 0 Å². The second-order valence-corrected chi connectivity index (χ2v) is 3.35. The molecular formula is C11H15N3O3. The summed E-state index contributed by atoms with van der Waals surface area (Å²) in [6.45, 7) is 0.604. The van der Waals surface area contributed by atoms with Gasteiger partial charge < -0.3 is 16.2 Å². The molecule has 0 unspecified atom stereocenters. The van der Waals surface area contributed by atoms with Gasteiger partial charge in [-0.05, 0) is 12.1 Å². The van der Waals surface area contributed by atoms with Crippen molar-refractivity contribution in [3.05, 3.63) is 30.3 Å². The molecule has 0 bridgehead atoms. The molecule has 1 aromatic rings. The Bertz CT molecular complexity index is 367. The molecule has 0 fully saturated rings. The third-order valence-electron chi connectivity index (χ3n) is 2.03. The minimum Gasteiger partial charge on any atom is -0.492 e. The van der Waals surface area contributed by atoms with Crippen molar-refractivity contribution in [3.63, 3.8) is 0 Å². The molecule has 1 aromatic carbocycles. The van der Waals surface area contributed by atoms with Crippen LogP contribution in [0.1, 0.15) is 0 Å². The molecule has 6 nitrogen and oxygen atoms in total. The fourth-order valence-corrected chi connectivity index (χ4v) is 1.23. The average Bonchev–Trinajstić information content (AvgIpc) is 2.29. The molecule has 92 valence electrons. The number of benzene rings is 1. The van der Waals surface area contributed by atoms with Gasteiger partial charge in [0.05, 0.1) is 0 Å². The monoisotopic (exact) mass is 237 g/mol. The summed E-state index contributed by atoms with van der Waals surface area (Å²) in [6.07, 6.45) is 0. The standard InChI is InChI=1S/C11H15N3O3/c12-10(15)9(11(13)16)14-6-7-17-8-4-2-1-3-5-8/h1-5,9,14H,6-7H2,(H2,12,15)(H2,13,16). The van der Waals surface area contributed by atoms with Gasteiger partial charge in [0, 0.05) is 6.54 Å². The van der Waals surface area contributed by atoms with Crippen molar-refractivity contribution < 1.29 is 14.3 Å². The summed E-state index contributed by atoms with van der Waals surface area (Å²) in [5.41, 5.74) is 9.98. The van der Waals surface area contributed by atoms with Crippen molar-refractivity contribution in [2.75, 3.05) is 13.2 Å². The van der Waals surface area contributed by atoms with Gasteiger partial charge in [-0.2, -0.15) is 0 Å². The number of rotatable bonds is 7. The normalized spacial score (nSPS) is 10.2. The van der Waals surface area contributed by atoms with Gasteiger partial charge in [-0.1, -0.05) is 18.2 Å². The predicted octanol–water partition coefficient (Wildman–Crippen LogP) is -1.01. The van der Waals surface area contributed by atoms with E-state index in [1.54, 1.807) is 12.1 Å². The summed E-state index contributed by atoms with van der Waals surface area (Å²) in [5.74, 6) is -0.876. The molecule has 5 N–H and O–H groups in total. The topological polar surface area (TPSA) is 107 Å². The number of carbonyl (C=O) groups excluding carboxylic acids is 2. The number of hydrogen-bond donors (Lipinski definition) is 3. The van der Waals surface area contributed by atoms with E-state index in [2.05, 4.69) is 5.32 Å².